The minimum absolute atomic E-state index is 0.0668. The molecular formula is C14H19BrN2O3S. The Morgan fingerprint density at radius 1 is 1.19 bits per heavy atom. The number of halogens is 1. The van der Waals surface area contributed by atoms with Gasteiger partial charge in [0.25, 0.3) is 5.91 Å². The number of sulfonamides is 1. The number of hydrogen-bond acceptors (Lipinski definition) is 3. The molecular weight excluding hydrogens is 356 g/mol. The van der Waals surface area contributed by atoms with Crippen LogP contribution in [0.3, 0.4) is 0 Å². The maximum absolute atomic E-state index is 11.9. The Kier molecular flexibility index (Phi) is 5.78. The molecule has 116 valence electrons. The molecule has 0 aliphatic heterocycles. The number of nitrogens with one attached hydrogen (secondary N) is 2. The van der Waals surface area contributed by atoms with Gasteiger partial charge in [-0.1, -0.05) is 28.8 Å². The van der Waals surface area contributed by atoms with Gasteiger partial charge in [0.05, 0.1) is 5.75 Å². The van der Waals surface area contributed by atoms with E-state index < -0.39 is 10.0 Å². The number of rotatable bonds is 6. The van der Waals surface area contributed by atoms with E-state index in [1.54, 1.807) is 24.3 Å². The molecule has 0 aromatic heterocycles. The van der Waals surface area contributed by atoms with Crippen LogP contribution < -0.4 is 10.0 Å². The topological polar surface area (TPSA) is 75.3 Å². The SMILES string of the molecule is O=C(NCCS(=O)(=O)NC1CCCC1)c1ccc(Br)cc1. The summed E-state index contributed by atoms with van der Waals surface area (Å²) in [4.78, 5) is 11.8. The van der Waals surface area contributed by atoms with Crippen molar-refractivity contribution in [2.24, 2.45) is 0 Å². The molecule has 0 unspecified atom stereocenters. The highest BCUT2D eigenvalue weighted by molar-refractivity contribution is 9.10. The van der Waals surface area contributed by atoms with Crippen molar-refractivity contribution in [1.82, 2.24) is 10.0 Å². The van der Waals surface area contributed by atoms with Crippen LogP contribution in [0.25, 0.3) is 0 Å². The second-order valence-corrected chi connectivity index (χ2v) is 7.97. The van der Waals surface area contributed by atoms with Gasteiger partial charge in [-0.2, -0.15) is 0 Å². The molecule has 1 saturated carbocycles. The van der Waals surface area contributed by atoms with Crippen LogP contribution in [0.5, 0.6) is 0 Å². The molecule has 0 heterocycles. The molecule has 0 spiro atoms. The lowest BCUT2D eigenvalue weighted by atomic mass is 10.2. The third-order valence-electron chi connectivity index (χ3n) is 3.46. The average Bonchev–Trinajstić information content (AvgIpc) is 2.91. The molecule has 1 aromatic carbocycles. The molecule has 1 amide bonds. The number of carbonyl (C=O) groups is 1. The summed E-state index contributed by atoms with van der Waals surface area (Å²) < 4.78 is 27.3. The molecule has 2 N–H and O–H groups in total. The van der Waals surface area contributed by atoms with Gasteiger partial charge in [-0.15, -0.1) is 0 Å². The lowest BCUT2D eigenvalue weighted by Crippen LogP contribution is -2.38. The summed E-state index contributed by atoms with van der Waals surface area (Å²) in [5.41, 5.74) is 0.513. The number of benzene rings is 1. The fraction of sp³-hybridized carbons (Fsp3) is 0.500. The molecule has 0 saturated heterocycles. The highest BCUT2D eigenvalue weighted by atomic mass is 79.9. The van der Waals surface area contributed by atoms with E-state index >= 15 is 0 Å². The zero-order valence-corrected chi connectivity index (χ0v) is 14.0. The molecule has 1 aliphatic rings. The standard InChI is InChI=1S/C14H19BrN2O3S/c15-12-7-5-11(6-8-12)14(18)16-9-10-21(19,20)17-13-3-1-2-4-13/h5-8,13,17H,1-4,9-10H2,(H,16,18). The van der Waals surface area contributed by atoms with Crippen molar-refractivity contribution in [3.05, 3.63) is 34.3 Å². The quantitative estimate of drug-likeness (QED) is 0.799. The Morgan fingerprint density at radius 2 is 1.81 bits per heavy atom. The molecule has 1 aliphatic carbocycles. The van der Waals surface area contributed by atoms with E-state index in [2.05, 4.69) is 26.0 Å². The molecule has 21 heavy (non-hydrogen) atoms. The number of carbonyl (C=O) groups excluding carboxylic acids is 1. The average molecular weight is 375 g/mol. The van der Waals surface area contributed by atoms with Crippen LogP contribution in [0.1, 0.15) is 36.0 Å². The van der Waals surface area contributed by atoms with Crippen LogP contribution in [0.4, 0.5) is 0 Å². The van der Waals surface area contributed by atoms with Crippen molar-refractivity contribution < 1.29 is 13.2 Å². The number of amides is 1. The largest absolute Gasteiger partial charge is 0.351 e. The summed E-state index contributed by atoms with van der Waals surface area (Å²) in [6.07, 6.45) is 3.97. The van der Waals surface area contributed by atoms with Crippen molar-refractivity contribution in [2.75, 3.05) is 12.3 Å². The fourth-order valence-corrected chi connectivity index (χ4v) is 3.86. The fourth-order valence-electron chi connectivity index (χ4n) is 2.36. The third-order valence-corrected chi connectivity index (χ3v) is 5.43. The van der Waals surface area contributed by atoms with Crippen LogP contribution in [-0.2, 0) is 10.0 Å². The van der Waals surface area contributed by atoms with Gasteiger partial charge in [0, 0.05) is 22.6 Å². The van der Waals surface area contributed by atoms with E-state index in [1.165, 1.54) is 0 Å². The van der Waals surface area contributed by atoms with Gasteiger partial charge in [0.2, 0.25) is 10.0 Å². The zero-order chi connectivity index (χ0) is 15.3. The van der Waals surface area contributed by atoms with Gasteiger partial charge in [0.15, 0.2) is 0 Å². The Bertz CT molecular complexity index is 581. The predicted molar refractivity (Wildman–Crippen MR) is 85.7 cm³/mol. The molecule has 1 aromatic rings. The summed E-state index contributed by atoms with van der Waals surface area (Å²) in [6.45, 7) is 0.108. The van der Waals surface area contributed by atoms with E-state index in [4.69, 9.17) is 0 Å². The van der Waals surface area contributed by atoms with Gasteiger partial charge >= 0.3 is 0 Å². The number of hydrogen-bond donors (Lipinski definition) is 2. The van der Waals surface area contributed by atoms with Crippen LogP contribution in [-0.4, -0.2) is 32.7 Å². The first-order valence-corrected chi connectivity index (χ1v) is 9.44. The van der Waals surface area contributed by atoms with Gasteiger partial charge < -0.3 is 5.32 Å². The molecule has 7 heteroatoms. The van der Waals surface area contributed by atoms with E-state index in [0.717, 1.165) is 30.2 Å². The molecule has 1 fully saturated rings. The summed E-state index contributed by atoms with van der Waals surface area (Å²) in [5.74, 6) is -0.357. The Hall–Kier alpha value is -0.920. The first-order chi connectivity index (χ1) is 9.96. The van der Waals surface area contributed by atoms with Crippen LogP contribution in [0.2, 0.25) is 0 Å². The Morgan fingerprint density at radius 3 is 2.43 bits per heavy atom. The second kappa shape index (κ2) is 7.38. The molecule has 5 nitrogen and oxygen atoms in total. The maximum atomic E-state index is 11.9. The summed E-state index contributed by atoms with van der Waals surface area (Å²) in [6, 6.07) is 6.98. The van der Waals surface area contributed by atoms with Gasteiger partial charge in [-0.25, -0.2) is 13.1 Å². The van der Waals surface area contributed by atoms with Crippen molar-refractivity contribution in [3.63, 3.8) is 0 Å². The first kappa shape index (κ1) is 16.5. The summed E-state index contributed by atoms with van der Waals surface area (Å²) in [7, 11) is -3.32. The molecule has 0 radical (unpaired) electrons. The minimum atomic E-state index is -3.32. The van der Waals surface area contributed by atoms with Crippen molar-refractivity contribution in [2.45, 2.75) is 31.7 Å². The molecule has 0 bridgehead atoms. The predicted octanol–water partition coefficient (Wildman–Crippen LogP) is 2.04. The van der Waals surface area contributed by atoms with Crippen LogP contribution in [0, 0.1) is 0 Å². The Labute approximate surface area is 133 Å². The van der Waals surface area contributed by atoms with Crippen LogP contribution in [0.15, 0.2) is 28.7 Å². The monoisotopic (exact) mass is 374 g/mol. The van der Waals surface area contributed by atoms with Crippen LogP contribution >= 0.6 is 15.9 Å². The summed E-state index contributed by atoms with van der Waals surface area (Å²) in [5, 5.41) is 2.63. The second-order valence-electron chi connectivity index (χ2n) is 5.18. The van der Waals surface area contributed by atoms with Gasteiger partial charge in [-0.05, 0) is 37.1 Å². The Balaban J connectivity index is 1.77. The molecule has 2 rings (SSSR count). The lowest BCUT2D eigenvalue weighted by molar-refractivity contribution is 0.0956. The van der Waals surface area contributed by atoms with E-state index in [9.17, 15) is 13.2 Å². The highest BCUT2D eigenvalue weighted by Crippen LogP contribution is 2.18. The smallest absolute Gasteiger partial charge is 0.251 e. The lowest BCUT2D eigenvalue weighted by Gasteiger charge is -2.12. The van der Waals surface area contributed by atoms with Gasteiger partial charge in [0.1, 0.15) is 0 Å². The summed E-state index contributed by atoms with van der Waals surface area (Å²) >= 11 is 3.30. The normalized spacial score (nSPS) is 16.0. The van der Waals surface area contributed by atoms with Gasteiger partial charge in [-0.3, -0.25) is 4.79 Å². The van der Waals surface area contributed by atoms with Crippen molar-refractivity contribution >= 4 is 31.9 Å². The van der Waals surface area contributed by atoms with E-state index in [0.29, 0.717) is 5.56 Å². The zero-order valence-electron chi connectivity index (χ0n) is 11.6. The van der Waals surface area contributed by atoms with E-state index in [-0.39, 0.29) is 24.2 Å². The maximum Gasteiger partial charge on any atom is 0.251 e. The van der Waals surface area contributed by atoms with Crippen molar-refractivity contribution in [1.29, 1.82) is 0 Å². The van der Waals surface area contributed by atoms with Crippen molar-refractivity contribution in [3.8, 4) is 0 Å². The third kappa shape index (κ3) is 5.41. The highest BCUT2D eigenvalue weighted by Gasteiger charge is 2.21. The minimum Gasteiger partial charge on any atom is -0.351 e. The molecule has 0 atom stereocenters. The first-order valence-electron chi connectivity index (χ1n) is 7.00. The van der Waals surface area contributed by atoms with E-state index in [1.807, 2.05) is 0 Å².